The van der Waals surface area contributed by atoms with Gasteiger partial charge in [0.15, 0.2) is 11.5 Å². The van der Waals surface area contributed by atoms with Crippen molar-refractivity contribution in [1.29, 1.82) is 0 Å². The molecule has 0 saturated heterocycles. The summed E-state index contributed by atoms with van der Waals surface area (Å²) in [6.07, 6.45) is 1.66. The fourth-order valence-corrected chi connectivity index (χ4v) is 1.83. The Morgan fingerprint density at radius 3 is 3.00 bits per heavy atom. The monoisotopic (exact) mass is 234 g/mol. The van der Waals surface area contributed by atoms with Crippen molar-refractivity contribution in [3.8, 4) is 11.5 Å². The van der Waals surface area contributed by atoms with Crippen LogP contribution >= 0.6 is 11.6 Å². The highest BCUT2D eigenvalue weighted by molar-refractivity contribution is 6.29. The SMILES string of the molecule is Cc1nc(Cl)cc2nnc(-c3ccn[nH]3)n12. The normalized spacial score (nSPS) is 11.1. The van der Waals surface area contributed by atoms with Crippen LogP contribution in [0.25, 0.3) is 17.2 Å². The number of rotatable bonds is 1. The average molecular weight is 235 g/mol. The van der Waals surface area contributed by atoms with Gasteiger partial charge in [0.25, 0.3) is 0 Å². The predicted octanol–water partition coefficient (Wildman–Crippen LogP) is 1.48. The highest BCUT2D eigenvalue weighted by atomic mass is 35.5. The van der Waals surface area contributed by atoms with Crippen molar-refractivity contribution in [2.45, 2.75) is 6.92 Å². The van der Waals surface area contributed by atoms with Crippen molar-refractivity contribution >= 4 is 17.2 Å². The molecule has 0 saturated carbocycles. The fourth-order valence-electron chi connectivity index (χ4n) is 1.61. The Balaban J connectivity index is 2.36. The molecule has 16 heavy (non-hydrogen) atoms. The van der Waals surface area contributed by atoms with Gasteiger partial charge in [-0.05, 0) is 13.0 Å². The van der Waals surface area contributed by atoms with E-state index >= 15 is 0 Å². The molecule has 0 aliphatic rings. The van der Waals surface area contributed by atoms with Gasteiger partial charge in [-0.25, -0.2) is 4.98 Å². The average Bonchev–Trinajstić information content (AvgIpc) is 2.82. The molecule has 0 spiro atoms. The molecule has 80 valence electrons. The summed E-state index contributed by atoms with van der Waals surface area (Å²) in [5, 5.41) is 15.2. The molecular formula is C9H7ClN6. The molecule has 0 radical (unpaired) electrons. The van der Waals surface area contributed by atoms with E-state index in [1.54, 1.807) is 12.3 Å². The van der Waals surface area contributed by atoms with E-state index in [4.69, 9.17) is 11.6 Å². The maximum Gasteiger partial charge on any atom is 0.187 e. The maximum atomic E-state index is 5.85. The number of nitrogens with one attached hydrogen (secondary N) is 1. The number of hydrogen-bond donors (Lipinski definition) is 1. The van der Waals surface area contributed by atoms with Crippen LogP contribution in [0.1, 0.15) is 5.82 Å². The van der Waals surface area contributed by atoms with Crippen LogP contribution in [0.5, 0.6) is 0 Å². The largest absolute Gasteiger partial charge is 0.275 e. The van der Waals surface area contributed by atoms with Gasteiger partial charge < -0.3 is 0 Å². The Labute approximate surface area is 95.3 Å². The third kappa shape index (κ3) is 1.27. The van der Waals surface area contributed by atoms with Crippen LogP contribution in [0, 0.1) is 6.92 Å². The summed E-state index contributed by atoms with van der Waals surface area (Å²) in [5.41, 5.74) is 1.46. The molecule has 3 aromatic rings. The minimum absolute atomic E-state index is 0.411. The van der Waals surface area contributed by atoms with Crippen LogP contribution in [0.4, 0.5) is 0 Å². The number of H-pyrrole nitrogens is 1. The molecule has 3 rings (SSSR count). The molecule has 0 fully saturated rings. The second kappa shape index (κ2) is 3.28. The second-order valence-electron chi connectivity index (χ2n) is 3.31. The predicted molar refractivity (Wildman–Crippen MR) is 58.1 cm³/mol. The Bertz CT molecular complexity index is 641. The maximum absolute atomic E-state index is 5.85. The van der Waals surface area contributed by atoms with Crippen molar-refractivity contribution in [2.75, 3.05) is 0 Å². The van der Waals surface area contributed by atoms with E-state index in [9.17, 15) is 0 Å². The first kappa shape index (κ1) is 9.29. The first-order valence-electron chi connectivity index (χ1n) is 4.64. The Morgan fingerprint density at radius 1 is 1.38 bits per heavy atom. The van der Waals surface area contributed by atoms with Gasteiger partial charge in [0, 0.05) is 12.3 Å². The Hall–Kier alpha value is -1.95. The molecule has 3 aromatic heterocycles. The van der Waals surface area contributed by atoms with Gasteiger partial charge in [-0.2, -0.15) is 5.10 Å². The number of aromatic amines is 1. The summed E-state index contributed by atoms with van der Waals surface area (Å²) < 4.78 is 1.82. The van der Waals surface area contributed by atoms with Crippen molar-refractivity contribution in [3.63, 3.8) is 0 Å². The molecule has 0 amide bonds. The summed E-state index contributed by atoms with van der Waals surface area (Å²) in [6, 6.07) is 3.49. The van der Waals surface area contributed by atoms with E-state index in [1.165, 1.54) is 0 Å². The van der Waals surface area contributed by atoms with Gasteiger partial charge in [-0.15, -0.1) is 10.2 Å². The van der Waals surface area contributed by atoms with E-state index < -0.39 is 0 Å². The number of hydrogen-bond acceptors (Lipinski definition) is 4. The van der Waals surface area contributed by atoms with Crippen LogP contribution in [-0.4, -0.2) is 29.8 Å². The van der Waals surface area contributed by atoms with Gasteiger partial charge in [-0.1, -0.05) is 11.6 Å². The lowest BCUT2D eigenvalue weighted by Gasteiger charge is -2.01. The lowest BCUT2D eigenvalue weighted by atomic mass is 10.4. The first-order valence-corrected chi connectivity index (χ1v) is 5.01. The third-order valence-electron chi connectivity index (χ3n) is 2.27. The molecular weight excluding hydrogens is 228 g/mol. The molecule has 0 aromatic carbocycles. The summed E-state index contributed by atoms with van der Waals surface area (Å²) in [4.78, 5) is 4.16. The highest BCUT2D eigenvalue weighted by Crippen LogP contribution is 2.18. The second-order valence-corrected chi connectivity index (χ2v) is 3.70. The molecule has 0 unspecified atom stereocenters. The van der Waals surface area contributed by atoms with Crippen molar-refractivity contribution in [2.24, 2.45) is 0 Å². The van der Waals surface area contributed by atoms with Gasteiger partial charge >= 0.3 is 0 Å². The van der Waals surface area contributed by atoms with Crippen LogP contribution in [0.3, 0.4) is 0 Å². The number of halogens is 1. The van der Waals surface area contributed by atoms with Crippen LogP contribution in [0.2, 0.25) is 5.15 Å². The van der Waals surface area contributed by atoms with Crippen molar-refractivity contribution in [3.05, 3.63) is 29.3 Å². The highest BCUT2D eigenvalue weighted by Gasteiger charge is 2.12. The quantitative estimate of drug-likeness (QED) is 0.648. The third-order valence-corrected chi connectivity index (χ3v) is 2.46. The molecule has 0 atom stereocenters. The molecule has 0 bridgehead atoms. The summed E-state index contributed by atoms with van der Waals surface area (Å²) >= 11 is 5.85. The number of fused-ring (bicyclic) bond motifs is 1. The zero-order valence-corrected chi connectivity index (χ0v) is 9.10. The summed E-state index contributed by atoms with van der Waals surface area (Å²) in [5.74, 6) is 1.41. The number of aromatic nitrogens is 6. The Kier molecular flexibility index (Phi) is 1.90. The van der Waals surface area contributed by atoms with Gasteiger partial charge in [-0.3, -0.25) is 9.50 Å². The lowest BCUT2D eigenvalue weighted by Crippen LogP contribution is -1.98. The standard InChI is InChI=1S/C9H7ClN6/c1-5-12-7(10)4-8-14-15-9(16(5)8)6-2-3-11-13-6/h2-4H,1H3,(H,11,13). The molecule has 0 aliphatic heterocycles. The lowest BCUT2D eigenvalue weighted by molar-refractivity contribution is 0.974. The van der Waals surface area contributed by atoms with Crippen molar-refractivity contribution in [1.82, 2.24) is 29.8 Å². The first-order chi connectivity index (χ1) is 7.75. The topological polar surface area (TPSA) is 71.8 Å². The summed E-state index contributed by atoms with van der Waals surface area (Å²) in [7, 11) is 0. The molecule has 0 aliphatic carbocycles. The molecule has 3 heterocycles. The zero-order chi connectivity index (χ0) is 11.1. The van der Waals surface area contributed by atoms with Crippen LogP contribution in [0.15, 0.2) is 18.3 Å². The summed E-state index contributed by atoms with van der Waals surface area (Å²) in [6.45, 7) is 1.85. The fraction of sp³-hybridized carbons (Fsp3) is 0.111. The van der Waals surface area contributed by atoms with E-state index in [-0.39, 0.29) is 0 Å². The van der Waals surface area contributed by atoms with Crippen molar-refractivity contribution < 1.29 is 0 Å². The van der Waals surface area contributed by atoms with Gasteiger partial charge in [0.2, 0.25) is 0 Å². The van der Waals surface area contributed by atoms with Gasteiger partial charge in [0.05, 0.1) is 0 Å². The smallest absolute Gasteiger partial charge is 0.187 e. The number of nitrogens with zero attached hydrogens (tertiary/aromatic N) is 5. The zero-order valence-electron chi connectivity index (χ0n) is 8.35. The van der Waals surface area contributed by atoms with E-state index in [0.29, 0.717) is 16.6 Å². The molecule has 1 N–H and O–H groups in total. The molecule has 7 heteroatoms. The molecule has 6 nitrogen and oxygen atoms in total. The van der Waals surface area contributed by atoms with E-state index in [2.05, 4.69) is 25.4 Å². The minimum atomic E-state index is 0.411. The van der Waals surface area contributed by atoms with E-state index in [0.717, 1.165) is 11.5 Å². The Morgan fingerprint density at radius 2 is 2.25 bits per heavy atom. The van der Waals surface area contributed by atoms with Crippen LogP contribution < -0.4 is 0 Å². The number of aryl methyl sites for hydroxylation is 1. The van der Waals surface area contributed by atoms with E-state index in [1.807, 2.05) is 17.4 Å². The van der Waals surface area contributed by atoms with Gasteiger partial charge in [0.1, 0.15) is 16.7 Å². The minimum Gasteiger partial charge on any atom is -0.275 e. The van der Waals surface area contributed by atoms with Crippen LogP contribution in [-0.2, 0) is 0 Å².